The average Bonchev–Trinajstić information content (AvgIpc) is 2.57. The molecule has 0 heterocycles. The number of carbonyl (C=O) groups is 2. The van der Waals surface area contributed by atoms with Gasteiger partial charge >= 0.3 is 0 Å². The Morgan fingerprint density at radius 3 is 2.46 bits per heavy atom. The highest BCUT2D eigenvalue weighted by Gasteiger charge is 2.09. The molecule has 2 aromatic carbocycles. The maximum absolute atomic E-state index is 11.9. The average molecular weight is 385 g/mol. The summed E-state index contributed by atoms with van der Waals surface area (Å²) >= 11 is 17.6. The summed E-state index contributed by atoms with van der Waals surface area (Å²) in [7, 11) is 0. The van der Waals surface area contributed by atoms with Crippen molar-refractivity contribution in [2.45, 2.75) is 0 Å². The molecule has 0 spiro atoms. The highest BCUT2D eigenvalue weighted by atomic mass is 35.5. The zero-order valence-electron chi connectivity index (χ0n) is 12.2. The Hall–Kier alpha value is -2.08. The summed E-state index contributed by atoms with van der Waals surface area (Å²) in [6, 6.07) is 11.5. The third-order valence-corrected chi connectivity index (χ3v) is 3.97. The van der Waals surface area contributed by atoms with Gasteiger partial charge in [-0.25, -0.2) is 5.43 Å². The van der Waals surface area contributed by atoms with Gasteiger partial charge in [-0.1, -0.05) is 53.0 Å². The molecule has 0 saturated heterocycles. The third kappa shape index (κ3) is 5.23. The number of hydrogen-bond acceptors (Lipinski definition) is 3. The van der Waals surface area contributed by atoms with Crippen molar-refractivity contribution in [1.82, 2.24) is 10.7 Å². The van der Waals surface area contributed by atoms with Gasteiger partial charge in [0, 0.05) is 16.1 Å². The van der Waals surface area contributed by atoms with Crippen molar-refractivity contribution in [2.24, 2.45) is 5.10 Å². The summed E-state index contributed by atoms with van der Waals surface area (Å²) in [5.41, 5.74) is 3.26. The van der Waals surface area contributed by atoms with E-state index in [-0.39, 0.29) is 11.6 Å². The maximum atomic E-state index is 11.9. The fourth-order valence-electron chi connectivity index (χ4n) is 1.69. The molecule has 8 heteroatoms. The number of rotatable bonds is 5. The lowest BCUT2D eigenvalue weighted by Crippen LogP contribution is -2.34. The molecule has 2 N–H and O–H groups in total. The van der Waals surface area contributed by atoms with Crippen LogP contribution in [0.3, 0.4) is 0 Å². The van der Waals surface area contributed by atoms with Crippen LogP contribution in [0.25, 0.3) is 0 Å². The van der Waals surface area contributed by atoms with Crippen molar-refractivity contribution in [3.8, 4) is 0 Å². The standard InChI is InChI=1S/C16H12Cl3N3O2/c17-12-4-2-1-3-11(12)8-21-22-15(23)9-20-16(24)10-5-6-13(18)14(19)7-10/h1-8H,9H2,(H,20,24)(H,22,23)/b21-8+. The van der Waals surface area contributed by atoms with Crippen molar-refractivity contribution >= 4 is 52.8 Å². The van der Waals surface area contributed by atoms with Crippen LogP contribution in [0.15, 0.2) is 47.6 Å². The number of carbonyl (C=O) groups excluding carboxylic acids is 2. The molecule has 0 bridgehead atoms. The fourth-order valence-corrected chi connectivity index (χ4v) is 2.18. The monoisotopic (exact) mass is 383 g/mol. The van der Waals surface area contributed by atoms with Gasteiger partial charge in [-0.2, -0.15) is 5.10 Å². The number of nitrogens with zero attached hydrogens (tertiary/aromatic N) is 1. The lowest BCUT2D eigenvalue weighted by Gasteiger charge is -2.05. The number of benzene rings is 2. The second-order valence-corrected chi connectivity index (χ2v) is 5.85. The molecule has 0 atom stereocenters. The molecule has 0 aromatic heterocycles. The Bertz CT molecular complexity index is 794. The largest absolute Gasteiger partial charge is 0.343 e. The highest BCUT2D eigenvalue weighted by Crippen LogP contribution is 2.22. The summed E-state index contributed by atoms with van der Waals surface area (Å²) in [5, 5.41) is 7.36. The first-order chi connectivity index (χ1) is 11.5. The van der Waals surface area contributed by atoms with Gasteiger partial charge in [0.1, 0.15) is 0 Å². The molecule has 0 aliphatic heterocycles. The van der Waals surface area contributed by atoms with E-state index in [2.05, 4.69) is 15.8 Å². The Kier molecular flexibility index (Phi) is 6.61. The normalized spacial score (nSPS) is 10.6. The zero-order chi connectivity index (χ0) is 17.5. The Morgan fingerprint density at radius 2 is 1.75 bits per heavy atom. The van der Waals surface area contributed by atoms with Crippen molar-refractivity contribution < 1.29 is 9.59 Å². The van der Waals surface area contributed by atoms with Gasteiger partial charge in [0.15, 0.2) is 0 Å². The van der Waals surface area contributed by atoms with Crippen LogP contribution < -0.4 is 10.7 Å². The fraction of sp³-hybridized carbons (Fsp3) is 0.0625. The molecule has 124 valence electrons. The number of hydrogen-bond donors (Lipinski definition) is 2. The second-order valence-electron chi connectivity index (χ2n) is 4.63. The third-order valence-electron chi connectivity index (χ3n) is 2.89. The van der Waals surface area contributed by atoms with Crippen molar-refractivity contribution in [3.63, 3.8) is 0 Å². The van der Waals surface area contributed by atoms with Crippen LogP contribution in [0.1, 0.15) is 15.9 Å². The summed E-state index contributed by atoms with van der Waals surface area (Å²) in [6.07, 6.45) is 1.42. The summed E-state index contributed by atoms with van der Waals surface area (Å²) in [6.45, 7) is -0.237. The van der Waals surface area contributed by atoms with Gasteiger partial charge in [-0.3, -0.25) is 9.59 Å². The van der Waals surface area contributed by atoms with Gasteiger partial charge in [0.05, 0.1) is 22.8 Å². The molecule has 0 fully saturated rings. The van der Waals surface area contributed by atoms with Crippen LogP contribution in [-0.2, 0) is 4.79 Å². The van der Waals surface area contributed by atoms with Gasteiger partial charge in [0.2, 0.25) is 0 Å². The number of amides is 2. The molecule has 0 aliphatic rings. The predicted molar refractivity (Wildman–Crippen MR) is 96.0 cm³/mol. The Labute approximate surface area is 153 Å². The van der Waals surface area contributed by atoms with Crippen molar-refractivity contribution in [1.29, 1.82) is 0 Å². The van der Waals surface area contributed by atoms with E-state index in [1.54, 1.807) is 24.3 Å². The molecule has 2 aromatic rings. The van der Waals surface area contributed by atoms with E-state index in [0.29, 0.717) is 21.2 Å². The second kappa shape index (κ2) is 8.68. The van der Waals surface area contributed by atoms with Crippen LogP contribution in [-0.4, -0.2) is 24.6 Å². The summed E-state index contributed by atoms with van der Waals surface area (Å²) < 4.78 is 0. The van der Waals surface area contributed by atoms with Crippen molar-refractivity contribution in [3.05, 3.63) is 68.7 Å². The first-order valence-corrected chi connectivity index (χ1v) is 7.90. The van der Waals surface area contributed by atoms with Crippen molar-refractivity contribution in [2.75, 3.05) is 6.54 Å². The topological polar surface area (TPSA) is 70.6 Å². The molecule has 2 rings (SSSR count). The van der Waals surface area contributed by atoms with E-state index < -0.39 is 11.8 Å². The molecule has 24 heavy (non-hydrogen) atoms. The predicted octanol–water partition coefficient (Wildman–Crippen LogP) is 3.53. The van der Waals surface area contributed by atoms with E-state index in [9.17, 15) is 9.59 Å². The first-order valence-electron chi connectivity index (χ1n) is 6.77. The van der Waals surface area contributed by atoms with E-state index in [0.717, 1.165) is 0 Å². The molecular formula is C16H12Cl3N3O2. The minimum absolute atomic E-state index is 0.237. The number of nitrogens with one attached hydrogen (secondary N) is 2. The smallest absolute Gasteiger partial charge is 0.259 e. The highest BCUT2D eigenvalue weighted by molar-refractivity contribution is 6.42. The Balaban J connectivity index is 1.83. The number of halogens is 3. The van der Waals surface area contributed by atoms with E-state index in [1.807, 2.05) is 0 Å². The lowest BCUT2D eigenvalue weighted by atomic mass is 10.2. The molecule has 0 unspecified atom stereocenters. The minimum Gasteiger partial charge on any atom is -0.343 e. The summed E-state index contributed by atoms with van der Waals surface area (Å²) in [4.78, 5) is 23.6. The molecule has 0 radical (unpaired) electrons. The zero-order valence-corrected chi connectivity index (χ0v) is 14.5. The van der Waals surface area contributed by atoms with Crippen LogP contribution in [0.4, 0.5) is 0 Å². The van der Waals surface area contributed by atoms with Crippen LogP contribution in [0.2, 0.25) is 15.1 Å². The van der Waals surface area contributed by atoms with E-state index >= 15 is 0 Å². The summed E-state index contributed by atoms with van der Waals surface area (Å²) in [5.74, 6) is -0.925. The van der Waals surface area contributed by atoms with Crippen LogP contribution >= 0.6 is 34.8 Å². The van der Waals surface area contributed by atoms with Gasteiger partial charge in [0.25, 0.3) is 11.8 Å². The molecule has 2 amide bonds. The molecular weight excluding hydrogens is 373 g/mol. The molecule has 0 saturated carbocycles. The van der Waals surface area contributed by atoms with Gasteiger partial charge < -0.3 is 5.32 Å². The van der Waals surface area contributed by atoms with Crippen LogP contribution in [0.5, 0.6) is 0 Å². The number of hydrazone groups is 1. The van der Waals surface area contributed by atoms with E-state index in [1.165, 1.54) is 24.4 Å². The maximum Gasteiger partial charge on any atom is 0.259 e. The molecule has 5 nitrogen and oxygen atoms in total. The quantitative estimate of drug-likeness (QED) is 0.611. The lowest BCUT2D eigenvalue weighted by molar-refractivity contribution is -0.120. The molecule has 0 aliphatic carbocycles. The van der Waals surface area contributed by atoms with Crippen LogP contribution in [0, 0.1) is 0 Å². The van der Waals surface area contributed by atoms with Gasteiger partial charge in [-0.05, 0) is 24.3 Å². The minimum atomic E-state index is -0.480. The van der Waals surface area contributed by atoms with Gasteiger partial charge in [-0.15, -0.1) is 0 Å². The Morgan fingerprint density at radius 1 is 1.00 bits per heavy atom. The van der Waals surface area contributed by atoms with E-state index in [4.69, 9.17) is 34.8 Å². The first kappa shape index (κ1) is 18.3. The SMILES string of the molecule is O=C(CNC(=O)c1ccc(Cl)c(Cl)c1)N/N=C/c1ccccc1Cl.